The highest BCUT2D eigenvalue weighted by molar-refractivity contribution is 5.82. The maximum absolute atomic E-state index is 4.45. The minimum absolute atomic E-state index is 0.511. The van der Waals surface area contributed by atoms with E-state index in [1.165, 1.54) is 0 Å². The minimum Gasteiger partial charge on any atom is -0.269 e. The van der Waals surface area contributed by atoms with Crippen molar-refractivity contribution < 1.29 is 0 Å². The summed E-state index contributed by atoms with van der Waals surface area (Å²) in [6.45, 7) is 10.8. The van der Waals surface area contributed by atoms with Crippen molar-refractivity contribution in [2.45, 2.75) is 41.2 Å². The van der Waals surface area contributed by atoms with Crippen molar-refractivity contribution in [2.75, 3.05) is 5.43 Å². The van der Waals surface area contributed by atoms with Crippen LogP contribution in [0, 0.1) is 27.7 Å². The first-order chi connectivity index (χ1) is 9.51. The van der Waals surface area contributed by atoms with Gasteiger partial charge in [0.25, 0.3) is 0 Å². The van der Waals surface area contributed by atoms with Gasteiger partial charge in [-0.1, -0.05) is 0 Å². The molecule has 6 nitrogen and oxygen atoms in total. The molecule has 2 heterocycles. The highest BCUT2D eigenvalue weighted by atomic mass is 15.3. The summed E-state index contributed by atoms with van der Waals surface area (Å²) in [5.41, 5.74) is 7.81. The molecule has 1 N–H and O–H groups in total. The zero-order chi connectivity index (χ0) is 14.7. The van der Waals surface area contributed by atoms with Crippen LogP contribution in [0.2, 0.25) is 0 Å². The predicted octanol–water partition coefficient (Wildman–Crippen LogP) is 2.37. The van der Waals surface area contributed by atoms with E-state index in [0.717, 1.165) is 34.9 Å². The molecule has 2 aromatic heterocycles. The zero-order valence-electron chi connectivity index (χ0n) is 12.6. The second-order valence-electron chi connectivity index (χ2n) is 4.74. The zero-order valence-corrected chi connectivity index (χ0v) is 12.6. The number of hydrogen-bond donors (Lipinski definition) is 1. The fourth-order valence-corrected chi connectivity index (χ4v) is 2.14. The van der Waals surface area contributed by atoms with Gasteiger partial charge in [-0.15, -0.1) is 0 Å². The SMILES string of the molecule is CCn1nc(C)c(/C=N/Nc2nc(C)cc(C)n2)c1C. The fraction of sp³-hybridized carbons (Fsp3) is 0.429. The highest BCUT2D eigenvalue weighted by Crippen LogP contribution is 2.10. The predicted molar refractivity (Wildman–Crippen MR) is 80.1 cm³/mol. The number of aromatic nitrogens is 4. The quantitative estimate of drug-likeness (QED) is 0.685. The molecule has 0 saturated heterocycles. The van der Waals surface area contributed by atoms with Gasteiger partial charge in [0.1, 0.15) is 0 Å². The van der Waals surface area contributed by atoms with Gasteiger partial charge in [0.2, 0.25) is 5.95 Å². The van der Waals surface area contributed by atoms with E-state index in [0.29, 0.717) is 5.95 Å². The average molecular weight is 272 g/mol. The topological polar surface area (TPSA) is 68.0 Å². The Balaban J connectivity index is 2.16. The Kier molecular flexibility index (Phi) is 4.12. The number of rotatable bonds is 4. The summed E-state index contributed by atoms with van der Waals surface area (Å²) >= 11 is 0. The van der Waals surface area contributed by atoms with Crippen molar-refractivity contribution in [3.63, 3.8) is 0 Å². The molecule has 0 aromatic carbocycles. The molecule has 0 bridgehead atoms. The molecule has 0 spiro atoms. The summed E-state index contributed by atoms with van der Waals surface area (Å²) in [6, 6.07) is 1.93. The Labute approximate surface area is 119 Å². The normalized spacial score (nSPS) is 11.2. The largest absolute Gasteiger partial charge is 0.269 e. The van der Waals surface area contributed by atoms with Gasteiger partial charge >= 0.3 is 0 Å². The van der Waals surface area contributed by atoms with Crippen molar-refractivity contribution in [1.29, 1.82) is 0 Å². The van der Waals surface area contributed by atoms with Crippen LogP contribution in [0.25, 0.3) is 0 Å². The molecule has 0 saturated carbocycles. The van der Waals surface area contributed by atoms with Gasteiger partial charge in [-0.05, 0) is 40.7 Å². The number of nitrogens with one attached hydrogen (secondary N) is 1. The maximum Gasteiger partial charge on any atom is 0.243 e. The van der Waals surface area contributed by atoms with Gasteiger partial charge in [0.15, 0.2) is 0 Å². The molecule has 0 aliphatic heterocycles. The van der Waals surface area contributed by atoms with Gasteiger partial charge in [-0.25, -0.2) is 15.4 Å². The number of aryl methyl sites for hydroxylation is 4. The molecule has 0 atom stereocenters. The molecule has 0 aliphatic rings. The standard InChI is InChI=1S/C14H20N6/c1-6-20-12(5)13(11(4)19-20)8-15-18-14-16-9(2)7-10(3)17-14/h7-8H,6H2,1-5H3,(H,16,17,18)/b15-8+. The highest BCUT2D eigenvalue weighted by Gasteiger charge is 2.08. The number of nitrogens with zero attached hydrogens (tertiary/aromatic N) is 5. The third kappa shape index (κ3) is 3.01. The lowest BCUT2D eigenvalue weighted by Crippen LogP contribution is -2.01. The number of anilines is 1. The summed E-state index contributed by atoms with van der Waals surface area (Å²) < 4.78 is 1.96. The van der Waals surface area contributed by atoms with Crippen LogP contribution in [-0.4, -0.2) is 26.0 Å². The first-order valence-electron chi connectivity index (χ1n) is 6.66. The second kappa shape index (κ2) is 5.81. The van der Waals surface area contributed by atoms with Crippen molar-refractivity contribution in [1.82, 2.24) is 19.7 Å². The third-order valence-corrected chi connectivity index (χ3v) is 3.08. The van der Waals surface area contributed by atoms with E-state index >= 15 is 0 Å². The van der Waals surface area contributed by atoms with Gasteiger partial charge in [0.05, 0.1) is 11.9 Å². The molecule has 0 unspecified atom stereocenters. The first-order valence-corrected chi connectivity index (χ1v) is 6.66. The smallest absolute Gasteiger partial charge is 0.243 e. The minimum atomic E-state index is 0.511. The lowest BCUT2D eigenvalue weighted by molar-refractivity contribution is 0.634. The average Bonchev–Trinajstić information content (AvgIpc) is 2.64. The van der Waals surface area contributed by atoms with Crippen LogP contribution in [-0.2, 0) is 6.54 Å². The Morgan fingerprint density at radius 3 is 2.40 bits per heavy atom. The Morgan fingerprint density at radius 1 is 1.20 bits per heavy atom. The number of hydrogen-bond acceptors (Lipinski definition) is 5. The molecule has 2 aromatic rings. The van der Waals surface area contributed by atoms with Crippen LogP contribution in [0.15, 0.2) is 11.2 Å². The number of hydrazone groups is 1. The maximum atomic E-state index is 4.45. The summed E-state index contributed by atoms with van der Waals surface area (Å²) in [6.07, 6.45) is 1.77. The van der Waals surface area contributed by atoms with Gasteiger partial charge in [0, 0.05) is 29.2 Å². The molecule has 2 rings (SSSR count). The molecule has 6 heteroatoms. The van der Waals surface area contributed by atoms with Crippen LogP contribution in [0.5, 0.6) is 0 Å². The van der Waals surface area contributed by atoms with Crippen LogP contribution >= 0.6 is 0 Å². The molecular formula is C14H20N6. The molecule has 20 heavy (non-hydrogen) atoms. The van der Waals surface area contributed by atoms with E-state index in [1.54, 1.807) is 6.21 Å². The van der Waals surface area contributed by atoms with E-state index in [4.69, 9.17) is 0 Å². The summed E-state index contributed by atoms with van der Waals surface area (Å²) in [5.74, 6) is 0.511. The molecule has 0 radical (unpaired) electrons. The van der Waals surface area contributed by atoms with Crippen molar-refractivity contribution in [3.8, 4) is 0 Å². The summed E-state index contributed by atoms with van der Waals surface area (Å²) in [4.78, 5) is 8.55. The monoisotopic (exact) mass is 272 g/mol. The van der Waals surface area contributed by atoms with Gasteiger partial charge in [-0.3, -0.25) is 4.68 Å². The third-order valence-electron chi connectivity index (χ3n) is 3.08. The first kappa shape index (κ1) is 14.2. The molecular weight excluding hydrogens is 252 g/mol. The summed E-state index contributed by atoms with van der Waals surface area (Å²) in [7, 11) is 0. The van der Waals surface area contributed by atoms with E-state index in [9.17, 15) is 0 Å². The van der Waals surface area contributed by atoms with Crippen LogP contribution in [0.3, 0.4) is 0 Å². The van der Waals surface area contributed by atoms with E-state index in [-0.39, 0.29) is 0 Å². The Hall–Kier alpha value is -2.24. The van der Waals surface area contributed by atoms with Gasteiger partial charge < -0.3 is 0 Å². The van der Waals surface area contributed by atoms with E-state index in [1.807, 2.05) is 38.4 Å². The van der Waals surface area contributed by atoms with E-state index in [2.05, 4.69) is 32.5 Å². The lowest BCUT2D eigenvalue weighted by Gasteiger charge is -2.01. The molecule has 0 fully saturated rings. The van der Waals surface area contributed by atoms with Gasteiger partial charge in [-0.2, -0.15) is 10.2 Å². The Morgan fingerprint density at radius 2 is 1.85 bits per heavy atom. The van der Waals surface area contributed by atoms with Crippen molar-refractivity contribution >= 4 is 12.2 Å². The van der Waals surface area contributed by atoms with Crippen molar-refractivity contribution in [2.24, 2.45) is 5.10 Å². The van der Waals surface area contributed by atoms with E-state index < -0.39 is 0 Å². The second-order valence-corrected chi connectivity index (χ2v) is 4.74. The molecule has 106 valence electrons. The lowest BCUT2D eigenvalue weighted by atomic mass is 10.2. The fourth-order valence-electron chi connectivity index (χ4n) is 2.14. The van der Waals surface area contributed by atoms with Crippen LogP contribution in [0.4, 0.5) is 5.95 Å². The molecule has 0 amide bonds. The van der Waals surface area contributed by atoms with Crippen LogP contribution in [0.1, 0.15) is 35.3 Å². The Bertz CT molecular complexity index is 621. The molecule has 0 aliphatic carbocycles. The van der Waals surface area contributed by atoms with Crippen LogP contribution < -0.4 is 5.43 Å². The summed E-state index contributed by atoms with van der Waals surface area (Å²) in [5, 5.41) is 8.66. The van der Waals surface area contributed by atoms with Crippen molar-refractivity contribution in [3.05, 3.63) is 34.4 Å².